The first-order chi connectivity index (χ1) is 14.3. The summed E-state index contributed by atoms with van der Waals surface area (Å²) in [6, 6.07) is 6.07. The second-order valence-electron chi connectivity index (χ2n) is 8.19. The monoisotopic (exact) mass is 410 g/mol. The van der Waals surface area contributed by atoms with E-state index in [2.05, 4.69) is 52.8 Å². The highest BCUT2D eigenvalue weighted by atomic mass is 16.5. The number of carbonyl (C=O) groups is 1. The van der Waals surface area contributed by atoms with E-state index in [1.165, 1.54) is 34.4 Å². The van der Waals surface area contributed by atoms with Gasteiger partial charge in [-0.1, -0.05) is 40.5 Å². The average Bonchev–Trinajstić information content (AvgIpc) is 2.68. The molecule has 1 N–H and O–H groups in total. The molecule has 0 unspecified atom stereocenters. The molecule has 0 saturated carbocycles. The Labute approximate surface area is 182 Å². The number of hydrogen-bond donors (Lipinski definition) is 1. The van der Waals surface area contributed by atoms with Crippen molar-refractivity contribution in [3.05, 3.63) is 76.4 Å². The lowest BCUT2D eigenvalue weighted by Crippen LogP contribution is -2.05. The summed E-state index contributed by atoms with van der Waals surface area (Å²) in [6.45, 7) is 11.1. The fraction of sp³-hybridized carbons (Fsp3) is 0.444. The molecule has 1 rings (SSSR count). The van der Waals surface area contributed by atoms with Gasteiger partial charge in [-0.3, -0.25) is 0 Å². The second kappa shape index (κ2) is 14.4. The van der Waals surface area contributed by atoms with Gasteiger partial charge < -0.3 is 9.84 Å². The Bertz CT molecular complexity index is 773. The van der Waals surface area contributed by atoms with E-state index in [1.54, 1.807) is 12.1 Å². The molecule has 164 valence electrons. The minimum absolute atomic E-state index is 0.135. The Balaban J connectivity index is 2.26. The summed E-state index contributed by atoms with van der Waals surface area (Å²) >= 11 is 0. The molecule has 0 bridgehead atoms. The van der Waals surface area contributed by atoms with Gasteiger partial charge in [-0.05, 0) is 103 Å². The number of allylic oxidation sites excluding steroid dienone is 7. The topological polar surface area (TPSA) is 46.5 Å². The second-order valence-corrected chi connectivity index (χ2v) is 8.19. The number of hydrogen-bond acceptors (Lipinski definition) is 3. The van der Waals surface area contributed by atoms with Crippen LogP contribution in [0.1, 0.15) is 83.5 Å². The lowest BCUT2D eigenvalue weighted by Gasteiger charge is -2.04. The molecular weight excluding hydrogens is 372 g/mol. The zero-order chi connectivity index (χ0) is 22.4. The van der Waals surface area contributed by atoms with E-state index >= 15 is 0 Å². The number of phenols is 1. The summed E-state index contributed by atoms with van der Waals surface area (Å²) in [5.41, 5.74) is 5.95. The van der Waals surface area contributed by atoms with Crippen molar-refractivity contribution in [3.8, 4) is 5.75 Å². The van der Waals surface area contributed by atoms with E-state index in [0.29, 0.717) is 5.56 Å². The van der Waals surface area contributed by atoms with Crippen molar-refractivity contribution in [2.45, 2.75) is 73.1 Å². The average molecular weight is 411 g/mol. The van der Waals surface area contributed by atoms with Gasteiger partial charge >= 0.3 is 5.97 Å². The highest BCUT2D eigenvalue weighted by molar-refractivity contribution is 5.89. The number of rotatable bonds is 12. The van der Waals surface area contributed by atoms with Crippen LogP contribution < -0.4 is 0 Å². The molecule has 30 heavy (non-hydrogen) atoms. The van der Waals surface area contributed by atoms with Crippen LogP contribution >= 0.6 is 0 Å². The summed E-state index contributed by atoms with van der Waals surface area (Å²) < 4.78 is 5.26. The van der Waals surface area contributed by atoms with Gasteiger partial charge in [0.25, 0.3) is 0 Å². The van der Waals surface area contributed by atoms with Crippen LogP contribution in [0.3, 0.4) is 0 Å². The van der Waals surface area contributed by atoms with Gasteiger partial charge in [-0.15, -0.1) is 0 Å². The molecule has 1 aromatic carbocycles. The van der Waals surface area contributed by atoms with Gasteiger partial charge in [-0.2, -0.15) is 0 Å². The molecule has 0 aliphatic carbocycles. The lowest BCUT2D eigenvalue weighted by molar-refractivity contribution is 0.0549. The van der Waals surface area contributed by atoms with Crippen LogP contribution in [0.2, 0.25) is 0 Å². The number of carbonyl (C=O) groups excluding carboxylic acids is 1. The third kappa shape index (κ3) is 12.1. The van der Waals surface area contributed by atoms with Gasteiger partial charge in [0.2, 0.25) is 0 Å². The number of ether oxygens (including phenoxy) is 1. The van der Waals surface area contributed by atoms with Gasteiger partial charge in [0.05, 0.1) is 5.56 Å². The molecule has 0 heterocycles. The number of phenolic OH excluding ortho intramolecular Hbond substituents is 1. The van der Waals surface area contributed by atoms with Crippen molar-refractivity contribution in [3.63, 3.8) is 0 Å². The first-order valence-electron chi connectivity index (χ1n) is 10.8. The van der Waals surface area contributed by atoms with E-state index in [9.17, 15) is 9.90 Å². The van der Waals surface area contributed by atoms with Crippen molar-refractivity contribution in [1.82, 2.24) is 0 Å². The summed E-state index contributed by atoms with van der Waals surface area (Å²) in [4.78, 5) is 11.9. The third-order valence-electron chi connectivity index (χ3n) is 4.90. The van der Waals surface area contributed by atoms with Crippen molar-refractivity contribution in [2.75, 3.05) is 6.61 Å². The van der Waals surface area contributed by atoms with Crippen molar-refractivity contribution in [2.24, 2.45) is 0 Å². The highest BCUT2D eigenvalue weighted by Crippen LogP contribution is 2.14. The predicted octanol–water partition coefficient (Wildman–Crippen LogP) is 7.69. The maximum Gasteiger partial charge on any atom is 0.338 e. The summed E-state index contributed by atoms with van der Waals surface area (Å²) in [5, 5.41) is 9.26. The molecule has 0 atom stereocenters. The molecular formula is C27H38O3. The third-order valence-corrected chi connectivity index (χ3v) is 4.90. The Morgan fingerprint density at radius 2 is 1.23 bits per heavy atom. The van der Waals surface area contributed by atoms with Crippen molar-refractivity contribution >= 4 is 5.97 Å². The van der Waals surface area contributed by atoms with Crippen LogP contribution in [0, 0.1) is 0 Å². The van der Waals surface area contributed by atoms with Crippen LogP contribution in [0.15, 0.2) is 70.9 Å². The molecule has 0 fully saturated rings. The molecule has 3 heteroatoms. The molecule has 0 amide bonds. The standard InChI is InChI=1S/C27H38O3/c1-21(2)9-6-10-22(3)11-7-12-23(4)13-8-14-24(5)19-20-30-27(29)25-15-17-26(28)18-16-25/h9,11,13,15-19,28H,6-8,10,12,14,20H2,1-5H3/b22-11+,23-13?,24-19+. The smallest absolute Gasteiger partial charge is 0.338 e. The Morgan fingerprint density at radius 3 is 1.73 bits per heavy atom. The minimum Gasteiger partial charge on any atom is -0.508 e. The maximum absolute atomic E-state index is 11.9. The van der Waals surface area contributed by atoms with Gasteiger partial charge in [0, 0.05) is 0 Å². The highest BCUT2D eigenvalue weighted by Gasteiger charge is 2.05. The predicted molar refractivity (Wildman–Crippen MR) is 127 cm³/mol. The quantitative estimate of drug-likeness (QED) is 0.284. The fourth-order valence-electron chi connectivity index (χ4n) is 2.93. The van der Waals surface area contributed by atoms with Crippen LogP contribution in [0.25, 0.3) is 0 Å². The first-order valence-corrected chi connectivity index (χ1v) is 10.8. The number of aromatic hydroxyl groups is 1. The van der Waals surface area contributed by atoms with Crippen LogP contribution in [-0.4, -0.2) is 17.7 Å². The molecule has 0 saturated heterocycles. The summed E-state index contributed by atoms with van der Waals surface area (Å²) in [5.74, 6) is -0.241. The SMILES string of the molecule is CC(C)=CCC/C(C)=C/CCC(C)=CCC/C(C)=C/COC(=O)c1ccc(O)cc1. The largest absolute Gasteiger partial charge is 0.508 e. The lowest BCUT2D eigenvalue weighted by atomic mass is 10.0. The van der Waals surface area contributed by atoms with Crippen LogP contribution in [0.5, 0.6) is 5.75 Å². The minimum atomic E-state index is -0.376. The zero-order valence-electron chi connectivity index (χ0n) is 19.3. The molecule has 3 nitrogen and oxygen atoms in total. The van der Waals surface area contributed by atoms with Gasteiger partial charge in [0.1, 0.15) is 12.4 Å². The fourth-order valence-corrected chi connectivity index (χ4v) is 2.93. The summed E-state index contributed by atoms with van der Waals surface area (Å²) in [7, 11) is 0. The Hall–Kier alpha value is -2.55. The zero-order valence-corrected chi connectivity index (χ0v) is 19.3. The molecule has 0 spiro atoms. The van der Waals surface area contributed by atoms with E-state index in [4.69, 9.17) is 4.74 Å². The normalized spacial score (nSPS) is 12.6. The van der Waals surface area contributed by atoms with E-state index in [0.717, 1.165) is 38.5 Å². The number of esters is 1. The van der Waals surface area contributed by atoms with Crippen molar-refractivity contribution < 1.29 is 14.6 Å². The summed E-state index contributed by atoms with van der Waals surface area (Å²) in [6.07, 6.45) is 15.4. The Morgan fingerprint density at radius 1 is 0.767 bits per heavy atom. The molecule has 0 radical (unpaired) electrons. The van der Waals surface area contributed by atoms with Gasteiger partial charge in [0.15, 0.2) is 0 Å². The molecule has 0 aliphatic heterocycles. The van der Waals surface area contributed by atoms with E-state index < -0.39 is 0 Å². The molecule has 1 aromatic rings. The van der Waals surface area contributed by atoms with Crippen LogP contribution in [-0.2, 0) is 4.74 Å². The number of benzene rings is 1. The molecule has 0 aromatic heterocycles. The van der Waals surface area contributed by atoms with E-state index in [1.807, 2.05) is 6.08 Å². The van der Waals surface area contributed by atoms with Gasteiger partial charge in [-0.25, -0.2) is 4.79 Å². The first kappa shape index (κ1) is 25.5. The van der Waals surface area contributed by atoms with Crippen LogP contribution in [0.4, 0.5) is 0 Å². The Kier molecular flexibility index (Phi) is 12.3. The van der Waals surface area contributed by atoms with Crippen molar-refractivity contribution in [1.29, 1.82) is 0 Å². The maximum atomic E-state index is 11.9. The molecule has 0 aliphatic rings. The van der Waals surface area contributed by atoms with E-state index in [-0.39, 0.29) is 18.3 Å².